The van der Waals surface area contributed by atoms with Crippen LogP contribution in [0, 0.1) is 5.92 Å². The van der Waals surface area contributed by atoms with Crippen LogP contribution in [0.5, 0.6) is 0 Å². The molecule has 2 aromatic rings. The van der Waals surface area contributed by atoms with Crippen molar-refractivity contribution in [2.75, 3.05) is 0 Å². The van der Waals surface area contributed by atoms with Gasteiger partial charge in [0.15, 0.2) is 0 Å². The summed E-state index contributed by atoms with van der Waals surface area (Å²) in [5, 5.41) is 3.61. The van der Waals surface area contributed by atoms with E-state index in [1.54, 1.807) is 0 Å². The topological polar surface area (TPSA) is 26.0 Å². The zero-order valence-electron chi connectivity index (χ0n) is 8.65. The number of thiophene rings is 1. The van der Waals surface area contributed by atoms with Gasteiger partial charge in [0.25, 0.3) is 0 Å². The van der Waals surface area contributed by atoms with Gasteiger partial charge >= 0.3 is 0 Å². The predicted molar refractivity (Wildman–Crippen MR) is 66.1 cm³/mol. The first-order chi connectivity index (χ1) is 7.36. The summed E-state index contributed by atoms with van der Waals surface area (Å²) < 4.78 is 1.36. The monoisotopic (exact) mass is 217 g/mol. The molecular weight excluding hydrogens is 202 g/mol. The summed E-state index contributed by atoms with van der Waals surface area (Å²) in [5.41, 5.74) is 7.68. The number of hydrogen-bond donors (Lipinski definition) is 1. The van der Waals surface area contributed by atoms with Gasteiger partial charge in [0.1, 0.15) is 0 Å². The highest BCUT2D eigenvalue weighted by molar-refractivity contribution is 7.17. The Morgan fingerprint density at radius 3 is 2.80 bits per heavy atom. The molecule has 2 heteroatoms. The molecule has 1 saturated carbocycles. The molecule has 1 aromatic carbocycles. The summed E-state index contributed by atoms with van der Waals surface area (Å²) in [7, 11) is 0. The van der Waals surface area contributed by atoms with Crippen molar-refractivity contribution in [3.05, 3.63) is 35.2 Å². The molecule has 15 heavy (non-hydrogen) atoms. The highest BCUT2D eigenvalue weighted by atomic mass is 32.1. The van der Waals surface area contributed by atoms with Gasteiger partial charge in [-0.25, -0.2) is 0 Å². The van der Waals surface area contributed by atoms with Crippen molar-refractivity contribution in [1.82, 2.24) is 0 Å². The number of fused-ring (bicyclic) bond motifs is 1. The third-order valence-electron chi connectivity index (χ3n) is 3.53. The van der Waals surface area contributed by atoms with Crippen LogP contribution in [0.4, 0.5) is 0 Å². The van der Waals surface area contributed by atoms with Crippen LogP contribution in [0.25, 0.3) is 10.1 Å². The summed E-state index contributed by atoms with van der Waals surface area (Å²) in [4.78, 5) is 0. The predicted octanol–water partition coefficient (Wildman–Crippen LogP) is 3.70. The zero-order chi connectivity index (χ0) is 10.3. The second-order valence-corrected chi connectivity index (χ2v) is 5.32. The lowest BCUT2D eigenvalue weighted by atomic mass is 9.77. The molecule has 0 spiro atoms. The Morgan fingerprint density at radius 2 is 2.07 bits per heavy atom. The SMILES string of the molecule is N[C@@H](c1csc2ccccc12)C1CCC1. The van der Waals surface area contributed by atoms with E-state index in [9.17, 15) is 0 Å². The largest absolute Gasteiger partial charge is 0.324 e. The van der Waals surface area contributed by atoms with E-state index in [4.69, 9.17) is 5.73 Å². The van der Waals surface area contributed by atoms with E-state index < -0.39 is 0 Å². The minimum Gasteiger partial charge on any atom is -0.324 e. The van der Waals surface area contributed by atoms with E-state index in [1.807, 2.05) is 11.3 Å². The maximum absolute atomic E-state index is 6.32. The Hall–Kier alpha value is -0.860. The van der Waals surface area contributed by atoms with Crippen LogP contribution < -0.4 is 5.73 Å². The van der Waals surface area contributed by atoms with Gasteiger partial charge in [-0.05, 0) is 41.2 Å². The van der Waals surface area contributed by atoms with Gasteiger partial charge in [-0.1, -0.05) is 24.6 Å². The van der Waals surface area contributed by atoms with Crippen molar-refractivity contribution in [2.45, 2.75) is 25.3 Å². The minimum absolute atomic E-state index is 0.259. The van der Waals surface area contributed by atoms with Gasteiger partial charge in [0.2, 0.25) is 0 Å². The molecule has 0 amide bonds. The van der Waals surface area contributed by atoms with Crippen molar-refractivity contribution < 1.29 is 0 Å². The molecule has 3 rings (SSSR count). The summed E-state index contributed by atoms with van der Waals surface area (Å²) in [6.45, 7) is 0. The lowest BCUT2D eigenvalue weighted by molar-refractivity contribution is 0.265. The van der Waals surface area contributed by atoms with Crippen molar-refractivity contribution in [2.24, 2.45) is 11.7 Å². The fourth-order valence-corrected chi connectivity index (χ4v) is 3.32. The van der Waals surface area contributed by atoms with E-state index in [0.29, 0.717) is 0 Å². The van der Waals surface area contributed by atoms with Gasteiger partial charge in [-0.2, -0.15) is 0 Å². The third-order valence-corrected chi connectivity index (χ3v) is 4.51. The summed E-state index contributed by atoms with van der Waals surface area (Å²) in [6, 6.07) is 8.83. The molecule has 1 heterocycles. The molecule has 0 saturated heterocycles. The van der Waals surface area contributed by atoms with Crippen LogP contribution in [0.3, 0.4) is 0 Å². The molecule has 78 valence electrons. The van der Waals surface area contributed by atoms with E-state index in [1.165, 1.54) is 34.9 Å². The van der Waals surface area contributed by atoms with Crippen LogP contribution in [0.2, 0.25) is 0 Å². The first-order valence-corrected chi connectivity index (χ1v) is 6.46. The quantitative estimate of drug-likeness (QED) is 0.815. The van der Waals surface area contributed by atoms with Gasteiger partial charge in [-0.15, -0.1) is 11.3 Å². The third kappa shape index (κ3) is 1.48. The Morgan fingerprint density at radius 1 is 1.27 bits per heavy atom. The molecule has 1 aliphatic carbocycles. The van der Waals surface area contributed by atoms with Crippen molar-refractivity contribution in [1.29, 1.82) is 0 Å². The Kier molecular flexibility index (Phi) is 2.26. The molecule has 0 bridgehead atoms. The van der Waals surface area contributed by atoms with Crippen LogP contribution in [0.15, 0.2) is 29.6 Å². The van der Waals surface area contributed by atoms with Crippen LogP contribution >= 0.6 is 11.3 Å². The smallest absolute Gasteiger partial charge is 0.0346 e. The normalized spacial score (nSPS) is 19.0. The fourth-order valence-electron chi connectivity index (χ4n) is 2.31. The van der Waals surface area contributed by atoms with Gasteiger partial charge in [0.05, 0.1) is 0 Å². The van der Waals surface area contributed by atoms with Gasteiger partial charge < -0.3 is 5.73 Å². The summed E-state index contributed by atoms with van der Waals surface area (Å²) in [6.07, 6.45) is 3.98. The maximum Gasteiger partial charge on any atom is 0.0346 e. The van der Waals surface area contributed by atoms with Crippen molar-refractivity contribution in [3.8, 4) is 0 Å². The lowest BCUT2D eigenvalue weighted by Gasteiger charge is -2.31. The van der Waals surface area contributed by atoms with Crippen molar-refractivity contribution >= 4 is 21.4 Å². The van der Waals surface area contributed by atoms with E-state index in [2.05, 4.69) is 29.6 Å². The molecule has 1 fully saturated rings. The average molecular weight is 217 g/mol. The highest BCUT2D eigenvalue weighted by Crippen LogP contribution is 2.40. The Balaban J connectivity index is 2.02. The molecule has 0 aliphatic heterocycles. The maximum atomic E-state index is 6.32. The van der Waals surface area contributed by atoms with E-state index in [0.717, 1.165) is 5.92 Å². The molecule has 0 radical (unpaired) electrons. The number of benzene rings is 1. The number of rotatable bonds is 2. The lowest BCUT2D eigenvalue weighted by Crippen LogP contribution is -2.26. The van der Waals surface area contributed by atoms with Crippen LogP contribution in [-0.4, -0.2) is 0 Å². The van der Waals surface area contributed by atoms with Crippen LogP contribution in [0.1, 0.15) is 30.9 Å². The molecule has 1 nitrogen and oxygen atoms in total. The van der Waals surface area contributed by atoms with Gasteiger partial charge in [0, 0.05) is 10.7 Å². The highest BCUT2D eigenvalue weighted by Gasteiger charge is 2.26. The summed E-state index contributed by atoms with van der Waals surface area (Å²) >= 11 is 1.81. The van der Waals surface area contributed by atoms with Crippen LogP contribution in [-0.2, 0) is 0 Å². The van der Waals surface area contributed by atoms with E-state index >= 15 is 0 Å². The second kappa shape index (κ2) is 3.62. The molecule has 0 unspecified atom stereocenters. The summed E-state index contributed by atoms with van der Waals surface area (Å²) in [5.74, 6) is 0.725. The number of hydrogen-bond acceptors (Lipinski definition) is 2. The zero-order valence-corrected chi connectivity index (χ0v) is 9.46. The Bertz CT molecular complexity index is 470. The molecule has 1 atom stereocenters. The molecule has 1 aromatic heterocycles. The van der Waals surface area contributed by atoms with E-state index in [-0.39, 0.29) is 6.04 Å². The van der Waals surface area contributed by atoms with Crippen molar-refractivity contribution in [3.63, 3.8) is 0 Å². The first kappa shape index (κ1) is 9.37. The van der Waals surface area contributed by atoms with Gasteiger partial charge in [-0.3, -0.25) is 0 Å². The fraction of sp³-hybridized carbons (Fsp3) is 0.385. The minimum atomic E-state index is 0.259. The standard InChI is InChI=1S/C13H15NS/c14-13(9-4-3-5-9)11-8-15-12-7-2-1-6-10(11)12/h1-2,6-9,13H,3-5,14H2/t13-/m1/s1. The first-order valence-electron chi connectivity index (χ1n) is 5.58. The Labute approximate surface area is 93.9 Å². The molecule has 2 N–H and O–H groups in total. The second-order valence-electron chi connectivity index (χ2n) is 4.40. The average Bonchev–Trinajstić information content (AvgIpc) is 2.58. The molecule has 1 aliphatic rings. The molecular formula is C13H15NS. The number of nitrogens with two attached hydrogens (primary N) is 1.